The van der Waals surface area contributed by atoms with Crippen molar-refractivity contribution in [1.82, 2.24) is 19.8 Å². The Morgan fingerprint density at radius 3 is 2.67 bits per heavy atom. The van der Waals surface area contributed by atoms with Crippen LogP contribution in [0.3, 0.4) is 0 Å². The Morgan fingerprint density at radius 2 is 2.12 bits per heavy atom. The van der Waals surface area contributed by atoms with Crippen LogP contribution in [0, 0.1) is 6.92 Å². The van der Waals surface area contributed by atoms with E-state index in [1.165, 1.54) is 0 Å². The van der Waals surface area contributed by atoms with Gasteiger partial charge in [0, 0.05) is 44.3 Å². The van der Waals surface area contributed by atoms with Crippen LogP contribution in [0.5, 0.6) is 0 Å². The van der Waals surface area contributed by atoms with Gasteiger partial charge in [-0.25, -0.2) is 9.97 Å². The summed E-state index contributed by atoms with van der Waals surface area (Å²) in [5.74, 6) is -0.462. The molecule has 3 N–H and O–H groups in total. The lowest BCUT2D eigenvalue weighted by Gasteiger charge is -2.37. The Labute approximate surface area is 144 Å². The van der Waals surface area contributed by atoms with Crippen LogP contribution in [0.2, 0.25) is 0 Å². The maximum absolute atomic E-state index is 11.7. The number of carbonyl (C=O) groups is 1. The fourth-order valence-electron chi connectivity index (χ4n) is 2.98. The number of nitrogens with two attached hydrogens (primary N) is 1. The van der Waals surface area contributed by atoms with E-state index in [4.69, 9.17) is 5.73 Å². The lowest BCUT2D eigenvalue weighted by atomic mass is 10.1. The summed E-state index contributed by atoms with van der Waals surface area (Å²) in [4.78, 5) is 24.5. The van der Waals surface area contributed by atoms with E-state index >= 15 is 0 Å². The fourth-order valence-corrected chi connectivity index (χ4v) is 3.58. The Balaban J connectivity index is 1.63. The number of piperazine rings is 1. The maximum atomic E-state index is 11.7. The minimum absolute atomic E-state index is 0.395. The first kappa shape index (κ1) is 16.8. The van der Waals surface area contributed by atoms with Crippen molar-refractivity contribution < 1.29 is 9.90 Å². The van der Waals surface area contributed by atoms with Gasteiger partial charge in [-0.3, -0.25) is 14.6 Å². The number of nitrogens with zero attached hydrogens (tertiary/aromatic N) is 4. The number of anilines is 1. The summed E-state index contributed by atoms with van der Waals surface area (Å²) in [5, 5.41) is 12.8. The van der Waals surface area contributed by atoms with Crippen molar-refractivity contribution in [3.63, 3.8) is 0 Å². The fraction of sp³-hybridized carbons (Fsp3) is 0.438. The number of hydrogen-bond acceptors (Lipinski definition) is 7. The molecule has 0 bridgehead atoms. The predicted molar refractivity (Wildman–Crippen MR) is 92.7 cm³/mol. The normalized spacial score (nSPS) is 17.7. The molecule has 2 aromatic heterocycles. The molecule has 1 aliphatic heterocycles. The van der Waals surface area contributed by atoms with Gasteiger partial charge in [0.05, 0.1) is 10.7 Å². The van der Waals surface area contributed by atoms with Crippen molar-refractivity contribution in [3.05, 3.63) is 40.0 Å². The monoisotopic (exact) mass is 347 g/mol. The Hall–Kier alpha value is -2.03. The van der Waals surface area contributed by atoms with Crippen LogP contribution in [0.15, 0.2) is 23.7 Å². The molecule has 3 heterocycles. The van der Waals surface area contributed by atoms with Gasteiger partial charge >= 0.3 is 5.97 Å². The average Bonchev–Trinajstić information content (AvgIpc) is 2.96. The molecule has 1 fully saturated rings. The number of thiazole rings is 1. The number of hydrogen-bond donors (Lipinski definition) is 2. The average molecular weight is 347 g/mol. The third kappa shape index (κ3) is 3.89. The van der Waals surface area contributed by atoms with Gasteiger partial charge in [-0.15, -0.1) is 11.3 Å². The zero-order valence-electron chi connectivity index (χ0n) is 13.6. The van der Waals surface area contributed by atoms with Crippen molar-refractivity contribution in [2.24, 2.45) is 0 Å². The topological polar surface area (TPSA) is 95.6 Å². The summed E-state index contributed by atoms with van der Waals surface area (Å²) in [5.41, 5.74) is 7.34. The number of aromatic nitrogens is 2. The van der Waals surface area contributed by atoms with Crippen molar-refractivity contribution in [1.29, 1.82) is 0 Å². The van der Waals surface area contributed by atoms with E-state index in [1.807, 2.05) is 11.8 Å². The molecule has 24 heavy (non-hydrogen) atoms. The van der Waals surface area contributed by atoms with E-state index in [2.05, 4.69) is 20.2 Å². The van der Waals surface area contributed by atoms with Crippen LogP contribution < -0.4 is 5.73 Å². The van der Waals surface area contributed by atoms with E-state index < -0.39 is 12.0 Å². The highest BCUT2D eigenvalue weighted by Gasteiger charge is 2.30. The number of nitrogen functional groups attached to an aromatic ring is 1. The van der Waals surface area contributed by atoms with Gasteiger partial charge in [-0.05, 0) is 18.6 Å². The van der Waals surface area contributed by atoms with Gasteiger partial charge in [0.1, 0.15) is 11.9 Å². The van der Waals surface area contributed by atoms with Crippen LogP contribution in [-0.4, -0.2) is 57.0 Å². The number of carboxylic acid groups (broad SMARTS) is 1. The molecular formula is C16H21N5O2S. The number of aryl methyl sites for hydroxylation is 1. The Morgan fingerprint density at radius 1 is 1.38 bits per heavy atom. The quantitative estimate of drug-likeness (QED) is 0.843. The minimum atomic E-state index is -0.856. The summed E-state index contributed by atoms with van der Waals surface area (Å²) < 4.78 is 0. The molecule has 0 unspecified atom stereocenters. The van der Waals surface area contributed by atoms with E-state index in [9.17, 15) is 9.90 Å². The SMILES string of the molecule is Cc1nc(CN2CCN([C@H](C(=O)O)c3ccc(N)nc3)CC2)cs1. The van der Waals surface area contributed by atoms with Gasteiger partial charge in [0.2, 0.25) is 0 Å². The van der Waals surface area contributed by atoms with Gasteiger partial charge in [-0.1, -0.05) is 6.07 Å². The van der Waals surface area contributed by atoms with E-state index in [0.29, 0.717) is 24.5 Å². The molecule has 0 amide bonds. The van der Waals surface area contributed by atoms with Crippen LogP contribution in [-0.2, 0) is 11.3 Å². The molecule has 0 aromatic carbocycles. The highest BCUT2D eigenvalue weighted by Crippen LogP contribution is 2.23. The number of pyridine rings is 1. The largest absolute Gasteiger partial charge is 0.480 e. The number of rotatable bonds is 5. The second-order valence-electron chi connectivity index (χ2n) is 5.93. The molecule has 1 aliphatic rings. The van der Waals surface area contributed by atoms with E-state index in [0.717, 1.165) is 30.3 Å². The van der Waals surface area contributed by atoms with Crippen LogP contribution in [0.4, 0.5) is 5.82 Å². The zero-order valence-corrected chi connectivity index (χ0v) is 14.4. The standard InChI is InChI=1S/C16H21N5O2S/c1-11-19-13(10-24-11)9-20-4-6-21(7-5-20)15(16(22)23)12-2-3-14(17)18-8-12/h2-3,8,10,15H,4-7,9H2,1H3,(H2,17,18)(H,22,23)/t15-/m0/s1. The first-order chi connectivity index (χ1) is 11.5. The van der Waals surface area contributed by atoms with Crippen LogP contribution in [0.25, 0.3) is 0 Å². The van der Waals surface area contributed by atoms with Crippen molar-refractivity contribution in [2.75, 3.05) is 31.9 Å². The predicted octanol–water partition coefficient (Wildman–Crippen LogP) is 1.37. The van der Waals surface area contributed by atoms with Crippen molar-refractivity contribution >= 4 is 23.1 Å². The zero-order chi connectivity index (χ0) is 17.1. The van der Waals surface area contributed by atoms with Crippen molar-refractivity contribution in [2.45, 2.75) is 19.5 Å². The van der Waals surface area contributed by atoms with E-state index in [1.54, 1.807) is 29.7 Å². The summed E-state index contributed by atoms with van der Waals surface area (Å²) >= 11 is 1.66. The molecule has 2 aromatic rings. The maximum Gasteiger partial charge on any atom is 0.325 e. The molecule has 128 valence electrons. The molecule has 1 saturated heterocycles. The van der Waals surface area contributed by atoms with Crippen molar-refractivity contribution in [3.8, 4) is 0 Å². The van der Waals surface area contributed by atoms with Gasteiger partial charge in [0.25, 0.3) is 0 Å². The van der Waals surface area contributed by atoms with E-state index in [-0.39, 0.29) is 0 Å². The van der Waals surface area contributed by atoms with Gasteiger partial charge in [0.15, 0.2) is 0 Å². The summed E-state index contributed by atoms with van der Waals surface area (Å²) in [6, 6.07) is 2.71. The summed E-state index contributed by atoms with van der Waals surface area (Å²) in [6.45, 7) is 5.87. The molecule has 0 aliphatic carbocycles. The number of carboxylic acids is 1. The second kappa shape index (κ2) is 7.25. The van der Waals surface area contributed by atoms with Gasteiger partial charge < -0.3 is 10.8 Å². The number of aliphatic carboxylic acids is 1. The smallest absolute Gasteiger partial charge is 0.325 e. The third-order valence-corrected chi connectivity index (χ3v) is 5.01. The lowest BCUT2D eigenvalue weighted by Crippen LogP contribution is -2.48. The lowest BCUT2D eigenvalue weighted by molar-refractivity contribution is -0.144. The second-order valence-corrected chi connectivity index (χ2v) is 6.99. The first-order valence-electron chi connectivity index (χ1n) is 7.84. The molecule has 8 heteroatoms. The van der Waals surface area contributed by atoms with Gasteiger partial charge in [-0.2, -0.15) is 0 Å². The minimum Gasteiger partial charge on any atom is -0.480 e. The molecule has 0 radical (unpaired) electrons. The Bertz CT molecular complexity index is 695. The molecule has 3 rings (SSSR count). The molecule has 0 saturated carbocycles. The van der Waals surface area contributed by atoms with Crippen LogP contribution in [0.1, 0.15) is 22.3 Å². The summed E-state index contributed by atoms with van der Waals surface area (Å²) in [7, 11) is 0. The Kier molecular flexibility index (Phi) is 5.08. The molecule has 7 nitrogen and oxygen atoms in total. The first-order valence-corrected chi connectivity index (χ1v) is 8.72. The molecular weight excluding hydrogens is 326 g/mol. The van der Waals surface area contributed by atoms with Crippen LogP contribution >= 0.6 is 11.3 Å². The molecule has 0 spiro atoms. The molecule has 1 atom stereocenters. The summed E-state index contributed by atoms with van der Waals surface area (Å²) in [6.07, 6.45) is 1.55. The third-order valence-electron chi connectivity index (χ3n) is 4.18. The highest BCUT2D eigenvalue weighted by atomic mass is 32.1. The highest BCUT2D eigenvalue weighted by molar-refractivity contribution is 7.09.